The molecule has 4 aromatic rings. The first-order valence-corrected chi connectivity index (χ1v) is 9.38. The molecule has 0 bridgehead atoms. The Kier molecular flexibility index (Phi) is 4.39. The predicted octanol–water partition coefficient (Wildman–Crippen LogP) is 3.87. The third-order valence-corrected chi connectivity index (χ3v) is 5.76. The van der Waals surface area contributed by atoms with E-state index >= 15 is 0 Å². The van der Waals surface area contributed by atoms with Crippen molar-refractivity contribution in [1.82, 2.24) is 14.1 Å². The first-order chi connectivity index (χ1) is 13.0. The molecule has 0 fully saturated rings. The van der Waals surface area contributed by atoms with Gasteiger partial charge in [0.1, 0.15) is 22.6 Å². The second-order valence-electron chi connectivity index (χ2n) is 6.31. The second-order valence-corrected chi connectivity index (χ2v) is 7.26. The van der Waals surface area contributed by atoms with Gasteiger partial charge in [-0.2, -0.15) is 0 Å². The molecule has 0 saturated heterocycles. The van der Waals surface area contributed by atoms with E-state index in [2.05, 4.69) is 0 Å². The summed E-state index contributed by atoms with van der Waals surface area (Å²) in [5.41, 5.74) is 3.02. The van der Waals surface area contributed by atoms with Crippen molar-refractivity contribution in [3.63, 3.8) is 0 Å². The molecular weight excluding hydrogens is 365 g/mol. The normalized spacial score (nSPS) is 11.4. The van der Waals surface area contributed by atoms with E-state index < -0.39 is 0 Å². The Morgan fingerprint density at radius 1 is 1.11 bits per heavy atom. The number of methoxy groups -OCH3 is 1. The average molecular weight is 383 g/mol. The van der Waals surface area contributed by atoms with Gasteiger partial charge >= 0.3 is 0 Å². The number of fused-ring (bicyclic) bond motifs is 3. The molecule has 138 valence electrons. The topological polar surface area (TPSA) is 49.1 Å². The van der Waals surface area contributed by atoms with Crippen LogP contribution in [0.1, 0.15) is 5.56 Å². The monoisotopic (exact) mass is 383 g/mol. The summed E-state index contributed by atoms with van der Waals surface area (Å²) in [6.45, 7) is 0. The van der Waals surface area contributed by atoms with Crippen LogP contribution >= 0.6 is 11.8 Å². The van der Waals surface area contributed by atoms with Crippen LogP contribution in [-0.2, 0) is 19.8 Å². The van der Waals surface area contributed by atoms with Crippen LogP contribution in [0.15, 0.2) is 52.4 Å². The van der Waals surface area contributed by atoms with Crippen LogP contribution in [0.3, 0.4) is 0 Å². The summed E-state index contributed by atoms with van der Waals surface area (Å²) < 4.78 is 21.8. The van der Waals surface area contributed by atoms with Crippen molar-refractivity contribution in [3.05, 3.63) is 64.2 Å². The van der Waals surface area contributed by atoms with Gasteiger partial charge in [-0.05, 0) is 35.9 Å². The summed E-state index contributed by atoms with van der Waals surface area (Å²) in [7, 11) is 5.20. The number of nitrogens with zero attached hydrogens (tertiary/aromatic N) is 3. The fraction of sp³-hybridized carbons (Fsp3) is 0.200. The maximum absolute atomic E-state index is 13.1. The van der Waals surface area contributed by atoms with Crippen LogP contribution in [0.2, 0.25) is 0 Å². The zero-order valence-corrected chi connectivity index (χ0v) is 16.0. The third-order valence-electron chi connectivity index (χ3n) is 4.66. The van der Waals surface area contributed by atoms with Crippen molar-refractivity contribution >= 4 is 33.7 Å². The summed E-state index contributed by atoms with van der Waals surface area (Å²) in [6.07, 6.45) is 0. The van der Waals surface area contributed by atoms with Gasteiger partial charge in [0.15, 0.2) is 5.16 Å². The molecule has 2 aromatic carbocycles. The van der Waals surface area contributed by atoms with E-state index in [1.54, 1.807) is 30.9 Å². The molecule has 0 spiro atoms. The van der Waals surface area contributed by atoms with E-state index in [1.165, 1.54) is 23.9 Å². The molecular formula is C20H18FN3O2S. The van der Waals surface area contributed by atoms with Gasteiger partial charge < -0.3 is 9.30 Å². The number of aromatic nitrogens is 3. The van der Waals surface area contributed by atoms with E-state index in [0.29, 0.717) is 21.9 Å². The van der Waals surface area contributed by atoms with Crippen molar-refractivity contribution in [2.24, 2.45) is 14.1 Å². The molecule has 5 nitrogen and oxygen atoms in total. The van der Waals surface area contributed by atoms with Crippen LogP contribution in [0.5, 0.6) is 5.75 Å². The highest BCUT2D eigenvalue weighted by atomic mass is 32.2. The molecule has 0 aliphatic rings. The van der Waals surface area contributed by atoms with Gasteiger partial charge in [0.25, 0.3) is 5.56 Å². The van der Waals surface area contributed by atoms with Gasteiger partial charge in [0.05, 0.1) is 12.6 Å². The lowest BCUT2D eigenvalue weighted by atomic mass is 10.2. The maximum Gasteiger partial charge on any atom is 0.278 e. The van der Waals surface area contributed by atoms with E-state index in [4.69, 9.17) is 9.72 Å². The first-order valence-electron chi connectivity index (χ1n) is 8.40. The number of hydrogen-bond acceptors (Lipinski definition) is 4. The lowest BCUT2D eigenvalue weighted by Gasteiger charge is -2.08. The fourth-order valence-electron chi connectivity index (χ4n) is 3.16. The molecule has 0 amide bonds. The smallest absolute Gasteiger partial charge is 0.278 e. The summed E-state index contributed by atoms with van der Waals surface area (Å²) in [5, 5.41) is 1.50. The van der Waals surface area contributed by atoms with Crippen molar-refractivity contribution in [2.45, 2.75) is 10.9 Å². The van der Waals surface area contributed by atoms with Gasteiger partial charge in [-0.25, -0.2) is 9.37 Å². The molecule has 0 radical (unpaired) electrons. The lowest BCUT2D eigenvalue weighted by Crippen LogP contribution is -2.21. The van der Waals surface area contributed by atoms with Crippen LogP contribution in [0, 0.1) is 5.82 Å². The molecule has 7 heteroatoms. The van der Waals surface area contributed by atoms with Gasteiger partial charge in [-0.1, -0.05) is 23.9 Å². The number of ether oxygens (including phenoxy) is 1. The highest BCUT2D eigenvalue weighted by Crippen LogP contribution is 2.30. The number of benzene rings is 2. The molecule has 0 atom stereocenters. The van der Waals surface area contributed by atoms with Gasteiger partial charge in [-0.3, -0.25) is 9.36 Å². The molecule has 0 N–H and O–H groups in total. The van der Waals surface area contributed by atoms with Crippen LogP contribution in [-0.4, -0.2) is 21.2 Å². The van der Waals surface area contributed by atoms with E-state index in [-0.39, 0.29) is 11.4 Å². The van der Waals surface area contributed by atoms with Crippen molar-refractivity contribution < 1.29 is 9.13 Å². The number of hydrogen-bond donors (Lipinski definition) is 0. The van der Waals surface area contributed by atoms with Crippen LogP contribution < -0.4 is 10.3 Å². The first kappa shape index (κ1) is 17.6. The Labute approximate surface area is 159 Å². The quantitative estimate of drug-likeness (QED) is 0.397. The zero-order valence-electron chi connectivity index (χ0n) is 15.2. The Morgan fingerprint density at radius 2 is 1.85 bits per heavy atom. The fourth-order valence-corrected chi connectivity index (χ4v) is 4.08. The van der Waals surface area contributed by atoms with Crippen molar-refractivity contribution in [3.8, 4) is 5.75 Å². The molecule has 2 heterocycles. The minimum atomic E-state index is -0.264. The molecule has 4 rings (SSSR count). The maximum atomic E-state index is 13.1. The number of thioether (sulfide) groups is 1. The van der Waals surface area contributed by atoms with Gasteiger partial charge in [0.2, 0.25) is 0 Å². The largest absolute Gasteiger partial charge is 0.497 e. The second kappa shape index (κ2) is 6.74. The summed E-state index contributed by atoms with van der Waals surface area (Å²) in [5.74, 6) is 1.05. The Morgan fingerprint density at radius 3 is 2.56 bits per heavy atom. The lowest BCUT2D eigenvalue weighted by molar-refractivity contribution is 0.415. The minimum absolute atomic E-state index is 0.0979. The predicted molar refractivity (Wildman–Crippen MR) is 106 cm³/mol. The zero-order chi connectivity index (χ0) is 19.1. The standard InChI is InChI=1S/C20H18FN3O2S/c1-23-16-9-8-14(26-3)10-15(16)17-18(23)19(25)24(2)20(22-17)27-11-12-4-6-13(21)7-5-12/h4-10H,11H2,1-3H3. The molecule has 2 aromatic heterocycles. The molecule has 0 aliphatic carbocycles. The molecule has 0 saturated carbocycles. The summed E-state index contributed by atoms with van der Waals surface area (Å²) in [4.78, 5) is 17.7. The van der Waals surface area contributed by atoms with E-state index in [1.807, 2.05) is 29.8 Å². The molecule has 0 unspecified atom stereocenters. The Bertz CT molecular complexity index is 1210. The highest BCUT2D eigenvalue weighted by Gasteiger charge is 2.17. The Hall–Kier alpha value is -2.80. The SMILES string of the molecule is COc1ccc2c(c1)c1nc(SCc3ccc(F)cc3)n(C)c(=O)c1n2C. The summed E-state index contributed by atoms with van der Waals surface area (Å²) >= 11 is 1.45. The van der Waals surface area contributed by atoms with Crippen molar-refractivity contribution in [1.29, 1.82) is 0 Å². The molecule has 27 heavy (non-hydrogen) atoms. The van der Waals surface area contributed by atoms with Crippen LogP contribution in [0.4, 0.5) is 4.39 Å². The van der Waals surface area contributed by atoms with Crippen LogP contribution in [0.25, 0.3) is 21.9 Å². The molecule has 0 aliphatic heterocycles. The van der Waals surface area contributed by atoms with E-state index in [9.17, 15) is 9.18 Å². The third kappa shape index (κ3) is 2.98. The average Bonchev–Trinajstić information content (AvgIpc) is 2.96. The minimum Gasteiger partial charge on any atom is -0.497 e. The van der Waals surface area contributed by atoms with Crippen molar-refractivity contribution in [2.75, 3.05) is 7.11 Å². The van der Waals surface area contributed by atoms with Gasteiger partial charge in [-0.15, -0.1) is 0 Å². The van der Waals surface area contributed by atoms with Gasteiger partial charge in [0, 0.05) is 25.2 Å². The Balaban J connectivity index is 1.84. The summed E-state index contributed by atoms with van der Waals surface area (Å²) in [6, 6.07) is 12.0. The number of rotatable bonds is 4. The number of halogens is 1. The number of aryl methyl sites for hydroxylation is 1. The van der Waals surface area contributed by atoms with E-state index in [0.717, 1.165) is 22.2 Å². The highest BCUT2D eigenvalue weighted by molar-refractivity contribution is 7.98.